The van der Waals surface area contributed by atoms with E-state index in [0.717, 1.165) is 4.90 Å². The predicted octanol–water partition coefficient (Wildman–Crippen LogP) is 3.28. The quantitative estimate of drug-likeness (QED) is 0.665. The molecule has 0 amide bonds. The molecule has 1 aliphatic heterocycles. The fourth-order valence-corrected chi connectivity index (χ4v) is 2.45. The SMILES string of the molecule is O=C1CSc2cc(Cl)c(Cl)cc21. The summed E-state index contributed by atoms with van der Waals surface area (Å²) in [6.07, 6.45) is 0. The summed E-state index contributed by atoms with van der Waals surface area (Å²) in [4.78, 5) is 12.1. The lowest BCUT2D eigenvalue weighted by molar-refractivity contribution is 0.102. The fourth-order valence-electron chi connectivity index (χ4n) is 1.09. The molecule has 0 N–H and O–H groups in total. The zero-order valence-corrected chi connectivity index (χ0v) is 8.26. The van der Waals surface area contributed by atoms with Gasteiger partial charge >= 0.3 is 0 Å². The van der Waals surface area contributed by atoms with Gasteiger partial charge in [0, 0.05) is 10.5 Å². The molecule has 1 aromatic carbocycles. The number of hydrogen-bond acceptors (Lipinski definition) is 2. The molecule has 4 heteroatoms. The van der Waals surface area contributed by atoms with E-state index >= 15 is 0 Å². The first-order valence-corrected chi connectivity index (χ1v) is 5.07. The van der Waals surface area contributed by atoms with Crippen LogP contribution in [0.15, 0.2) is 17.0 Å². The molecule has 0 fully saturated rings. The van der Waals surface area contributed by atoms with Crippen molar-refractivity contribution in [3.63, 3.8) is 0 Å². The Bertz CT molecular complexity index is 362. The molecule has 62 valence electrons. The van der Waals surface area contributed by atoms with Gasteiger partial charge in [-0.15, -0.1) is 11.8 Å². The zero-order valence-electron chi connectivity index (χ0n) is 5.93. The number of benzene rings is 1. The number of carbonyl (C=O) groups excluding carboxylic acids is 1. The number of fused-ring (bicyclic) bond motifs is 1. The number of ketones is 1. The molecule has 0 unspecified atom stereocenters. The second-order valence-electron chi connectivity index (χ2n) is 2.47. The van der Waals surface area contributed by atoms with Crippen LogP contribution in [0.2, 0.25) is 10.0 Å². The molecule has 1 aliphatic rings. The Hall–Kier alpha value is -0.180. The van der Waals surface area contributed by atoms with Crippen molar-refractivity contribution < 1.29 is 4.79 Å². The van der Waals surface area contributed by atoms with Gasteiger partial charge in [-0.2, -0.15) is 0 Å². The molecule has 0 aromatic heterocycles. The maximum Gasteiger partial charge on any atom is 0.174 e. The van der Waals surface area contributed by atoms with Crippen LogP contribution in [-0.4, -0.2) is 11.5 Å². The van der Waals surface area contributed by atoms with E-state index in [1.54, 1.807) is 12.1 Å². The van der Waals surface area contributed by atoms with Crippen molar-refractivity contribution in [2.45, 2.75) is 4.90 Å². The highest BCUT2D eigenvalue weighted by molar-refractivity contribution is 8.00. The molecular weight excluding hydrogens is 215 g/mol. The highest BCUT2D eigenvalue weighted by Gasteiger charge is 2.21. The van der Waals surface area contributed by atoms with Crippen molar-refractivity contribution in [2.75, 3.05) is 5.75 Å². The maximum absolute atomic E-state index is 11.2. The number of rotatable bonds is 0. The fraction of sp³-hybridized carbons (Fsp3) is 0.125. The molecule has 0 radical (unpaired) electrons. The lowest BCUT2D eigenvalue weighted by Gasteiger charge is -1.98. The molecule has 12 heavy (non-hydrogen) atoms. The van der Waals surface area contributed by atoms with Crippen molar-refractivity contribution in [2.24, 2.45) is 0 Å². The normalized spacial score (nSPS) is 15.0. The Morgan fingerprint density at radius 1 is 1.25 bits per heavy atom. The minimum absolute atomic E-state index is 0.133. The monoisotopic (exact) mass is 218 g/mol. The Labute approximate surface area is 84.0 Å². The summed E-state index contributed by atoms with van der Waals surface area (Å²) in [6, 6.07) is 3.39. The third-order valence-corrected chi connectivity index (χ3v) is 3.46. The molecule has 0 saturated carbocycles. The Balaban J connectivity index is 2.63. The van der Waals surface area contributed by atoms with Crippen LogP contribution >= 0.6 is 35.0 Å². The van der Waals surface area contributed by atoms with Crippen LogP contribution < -0.4 is 0 Å². The zero-order chi connectivity index (χ0) is 8.72. The third kappa shape index (κ3) is 1.24. The van der Waals surface area contributed by atoms with E-state index in [0.29, 0.717) is 21.4 Å². The smallest absolute Gasteiger partial charge is 0.174 e. The molecule has 2 rings (SSSR count). The van der Waals surface area contributed by atoms with E-state index in [1.807, 2.05) is 0 Å². The van der Waals surface area contributed by atoms with E-state index in [4.69, 9.17) is 23.2 Å². The van der Waals surface area contributed by atoms with Crippen LogP contribution in [0.3, 0.4) is 0 Å². The first-order chi connectivity index (χ1) is 5.68. The van der Waals surface area contributed by atoms with Gasteiger partial charge in [0.15, 0.2) is 5.78 Å². The summed E-state index contributed by atoms with van der Waals surface area (Å²) in [5, 5.41) is 0.962. The molecular formula is C8H4Cl2OS. The standard InChI is InChI=1S/C8H4Cl2OS/c9-5-1-4-7(11)3-12-8(4)2-6(5)10/h1-2H,3H2. The Kier molecular flexibility index (Phi) is 2.07. The van der Waals surface area contributed by atoms with Gasteiger partial charge in [-0.05, 0) is 12.1 Å². The largest absolute Gasteiger partial charge is 0.293 e. The molecule has 0 saturated heterocycles. The van der Waals surface area contributed by atoms with E-state index in [9.17, 15) is 4.79 Å². The van der Waals surface area contributed by atoms with Gasteiger partial charge in [-0.25, -0.2) is 0 Å². The summed E-state index contributed by atoms with van der Waals surface area (Å²) in [6.45, 7) is 0. The lowest BCUT2D eigenvalue weighted by Crippen LogP contribution is -1.94. The summed E-state index contributed by atoms with van der Waals surface area (Å²) in [5.74, 6) is 0.639. The van der Waals surface area contributed by atoms with E-state index in [2.05, 4.69) is 0 Å². The van der Waals surface area contributed by atoms with Crippen LogP contribution in [0.25, 0.3) is 0 Å². The highest BCUT2D eigenvalue weighted by Crippen LogP contribution is 2.36. The van der Waals surface area contributed by atoms with Gasteiger partial charge < -0.3 is 0 Å². The average Bonchev–Trinajstić information content (AvgIpc) is 2.35. The molecule has 0 atom stereocenters. The number of carbonyl (C=O) groups is 1. The van der Waals surface area contributed by atoms with Crippen molar-refractivity contribution in [3.05, 3.63) is 27.7 Å². The minimum atomic E-state index is 0.133. The van der Waals surface area contributed by atoms with Gasteiger partial charge in [0.1, 0.15) is 0 Å². The van der Waals surface area contributed by atoms with Crippen LogP contribution in [-0.2, 0) is 0 Å². The first kappa shape index (κ1) is 8.42. The molecule has 0 bridgehead atoms. The van der Waals surface area contributed by atoms with Gasteiger partial charge in [0.25, 0.3) is 0 Å². The van der Waals surface area contributed by atoms with Crippen molar-refractivity contribution in [1.82, 2.24) is 0 Å². The summed E-state index contributed by atoms with van der Waals surface area (Å²) in [7, 11) is 0. The van der Waals surface area contributed by atoms with Crippen LogP contribution in [0.5, 0.6) is 0 Å². The first-order valence-electron chi connectivity index (χ1n) is 3.33. The second-order valence-corrected chi connectivity index (χ2v) is 4.31. The van der Waals surface area contributed by atoms with Gasteiger partial charge in [-0.3, -0.25) is 4.79 Å². The Morgan fingerprint density at radius 2 is 1.92 bits per heavy atom. The van der Waals surface area contributed by atoms with Crippen molar-refractivity contribution in [3.8, 4) is 0 Å². The Morgan fingerprint density at radius 3 is 2.67 bits per heavy atom. The molecule has 1 nitrogen and oxygen atoms in total. The lowest BCUT2D eigenvalue weighted by atomic mass is 10.1. The topological polar surface area (TPSA) is 17.1 Å². The van der Waals surface area contributed by atoms with Crippen LogP contribution in [0.4, 0.5) is 0 Å². The predicted molar refractivity (Wildman–Crippen MR) is 51.5 cm³/mol. The summed E-state index contributed by atoms with van der Waals surface area (Å²) >= 11 is 13.1. The van der Waals surface area contributed by atoms with Crippen LogP contribution in [0, 0.1) is 0 Å². The third-order valence-electron chi connectivity index (χ3n) is 1.68. The van der Waals surface area contributed by atoms with E-state index in [1.165, 1.54) is 11.8 Å². The average molecular weight is 219 g/mol. The number of hydrogen-bond donors (Lipinski definition) is 0. The van der Waals surface area contributed by atoms with Gasteiger partial charge in [0.05, 0.1) is 15.8 Å². The second kappa shape index (κ2) is 2.95. The number of halogens is 2. The van der Waals surface area contributed by atoms with Gasteiger partial charge in [-0.1, -0.05) is 23.2 Å². The number of thioether (sulfide) groups is 1. The highest BCUT2D eigenvalue weighted by atomic mass is 35.5. The summed E-state index contributed by atoms with van der Waals surface area (Å²) in [5.41, 5.74) is 0.703. The van der Waals surface area contributed by atoms with E-state index < -0.39 is 0 Å². The van der Waals surface area contributed by atoms with Crippen molar-refractivity contribution in [1.29, 1.82) is 0 Å². The molecule has 1 aromatic rings. The van der Waals surface area contributed by atoms with Crippen LogP contribution in [0.1, 0.15) is 10.4 Å². The molecule has 0 spiro atoms. The minimum Gasteiger partial charge on any atom is -0.293 e. The van der Waals surface area contributed by atoms with Gasteiger partial charge in [0.2, 0.25) is 0 Å². The van der Waals surface area contributed by atoms with Crippen molar-refractivity contribution >= 4 is 40.7 Å². The maximum atomic E-state index is 11.2. The number of Topliss-reactive ketones (excluding diaryl/α,β-unsaturated/α-hetero) is 1. The summed E-state index contributed by atoms with van der Waals surface area (Å²) < 4.78 is 0. The van der Waals surface area contributed by atoms with E-state index in [-0.39, 0.29) is 5.78 Å². The molecule has 0 aliphatic carbocycles. The molecule has 1 heterocycles.